The molecule has 0 aliphatic rings. The number of para-hydroxylation sites is 2. The minimum Gasteiger partial charge on any atom is -0.351 e. The maximum absolute atomic E-state index is 11.8. The van der Waals surface area contributed by atoms with Crippen LogP contribution in [0.1, 0.15) is 13.3 Å². The molecule has 0 fully saturated rings. The molecular formula is C15H23N4OS+. The number of carbonyl (C=O) groups is 1. The van der Waals surface area contributed by atoms with Crippen molar-refractivity contribution in [1.29, 1.82) is 0 Å². The van der Waals surface area contributed by atoms with Gasteiger partial charge in [0.05, 0.1) is 18.1 Å². The maximum Gasteiger partial charge on any atom is 0.275 e. The van der Waals surface area contributed by atoms with Gasteiger partial charge >= 0.3 is 0 Å². The van der Waals surface area contributed by atoms with Crippen molar-refractivity contribution < 1.29 is 9.69 Å². The van der Waals surface area contributed by atoms with Crippen molar-refractivity contribution in [2.75, 3.05) is 20.1 Å². The van der Waals surface area contributed by atoms with E-state index >= 15 is 0 Å². The van der Waals surface area contributed by atoms with E-state index in [-0.39, 0.29) is 5.91 Å². The largest absolute Gasteiger partial charge is 0.351 e. The molecule has 1 heterocycles. The summed E-state index contributed by atoms with van der Waals surface area (Å²) in [6, 6.07) is 8.15. The first-order chi connectivity index (χ1) is 10.0. The van der Waals surface area contributed by atoms with Gasteiger partial charge in [0.2, 0.25) is 0 Å². The van der Waals surface area contributed by atoms with Crippen LogP contribution < -0.4 is 10.2 Å². The van der Waals surface area contributed by atoms with E-state index in [1.807, 2.05) is 37.7 Å². The van der Waals surface area contributed by atoms with Crippen LogP contribution in [-0.2, 0) is 18.5 Å². The van der Waals surface area contributed by atoms with Crippen molar-refractivity contribution in [1.82, 2.24) is 14.5 Å². The van der Waals surface area contributed by atoms with Crippen molar-refractivity contribution in [2.45, 2.75) is 20.0 Å². The third-order valence-electron chi connectivity index (χ3n) is 3.51. The first kappa shape index (κ1) is 15.7. The zero-order chi connectivity index (χ0) is 15.4. The molecule has 2 rings (SSSR count). The highest BCUT2D eigenvalue weighted by Crippen LogP contribution is 2.15. The number of carbonyl (C=O) groups excluding carboxylic acids is 1. The van der Waals surface area contributed by atoms with Gasteiger partial charge in [0.1, 0.15) is 0 Å². The van der Waals surface area contributed by atoms with Gasteiger partial charge in [0, 0.05) is 13.6 Å². The van der Waals surface area contributed by atoms with Gasteiger partial charge in [-0.1, -0.05) is 19.1 Å². The number of amides is 1. The van der Waals surface area contributed by atoms with Crippen LogP contribution in [0.25, 0.3) is 11.0 Å². The lowest BCUT2D eigenvalue weighted by molar-refractivity contribution is -0.894. The van der Waals surface area contributed by atoms with Crippen molar-refractivity contribution in [2.24, 2.45) is 7.05 Å². The van der Waals surface area contributed by atoms with Crippen LogP contribution in [0.5, 0.6) is 0 Å². The molecule has 0 saturated carbocycles. The molecule has 0 saturated heterocycles. The van der Waals surface area contributed by atoms with Crippen molar-refractivity contribution in [3.63, 3.8) is 0 Å². The smallest absolute Gasteiger partial charge is 0.275 e. The molecule has 2 N–H and O–H groups in total. The molecule has 0 bridgehead atoms. The number of aryl methyl sites for hydroxylation is 1. The second-order valence-corrected chi connectivity index (χ2v) is 5.77. The Bertz CT molecular complexity index is 689. The van der Waals surface area contributed by atoms with Gasteiger partial charge in [-0.05, 0) is 30.8 Å². The lowest BCUT2D eigenvalue weighted by atomic mass is 10.3. The molecule has 6 heteroatoms. The SMILES string of the molecule is CCCNC(=O)C[NH+](C)Cn1c(=S)n(C)c2ccccc21. The molecule has 21 heavy (non-hydrogen) atoms. The molecule has 1 amide bonds. The number of hydrogen-bond donors (Lipinski definition) is 2. The standard InChI is InChI=1S/C15H22N4OS/c1-4-9-16-14(20)10-17(2)11-19-13-8-6-5-7-12(13)18(3)15(19)21/h5-8H,4,9-11H2,1-3H3,(H,16,20)/p+1. The van der Waals surface area contributed by atoms with Gasteiger partial charge in [-0.25, -0.2) is 0 Å². The van der Waals surface area contributed by atoms with E-state index in [9.17, 15) is 4.79 Å². The topological polar surface area (TPSA) is 43.4 Å². The molecular weight excluding hydrogens is 284 g/mol. The highest BCUT2D eigenvalue weighted by Gasteiger charge is 2.13. The monoisotopic (exact) mass is 307 g/mol. The van der Waals surface area contributed by atoms with E-state index in [2.05, 4.69) is 22.0 Å². The second kappa shape index (κ2) is 6.87. The molecule has 1 unspecified atom stereocenters. The van der Waals surface area contributed by atoms with Crippen molar-refractivity contribution >= 4 is 29.2 Å². The van der Waals surface area contributed by atoms with Gasteiger partial charge in [-0.15, -0.1) is 0 Å². The summed E-state index contributed by atoms with van der Waals surface area (Å²) in [6.07, 6.45) is 0.958. The Labute approximate surface area is 130 Å². The first-order valence-corrected chi connectivity index (χ1v) is 7.67. The Kier molecular flexibility index (Phi) is 5.14. The summed E-state index contributed by atoms with van der Waals surface area (Å²) in [5, 5.41) is 2.91. The predicted molar refractivity (Wildman–Crippen MR) is 86.8 cm³/mol. The molecule has 5 nitrogen and oxygen atoms in total. The summed E-state index contributed by atoms with van der Waals surface area (Å²) in [5.41, 5.74) is 2.23. The third kappa shape index (κ3) is 3.51. The Morgan fingerprint density at radius 1 is 1.33 bits per heavy atom. The number of quaternary nitrogens is 1. The van der Waals surface area contributed by atoms with Crippen LogP contribution >= 0.6 is 12.2 Å². The van der Waals surface area contributed by atoms with Gasteiger partial charge in [0.25, 0.3) is 5.91 Å². The summed E-state index contributed by atoms with van der Waals surface area (Å²) in [6.45, 7) is 3.91. The molecule has 0 radical (unpaired) electrons. The van der Waals surface area contributed by atoms with E-state index in [4.69, 9.17) is 12.2 Å². The van der Waals surface area contributed by atoms with Gasteiger partial charge in [-0.2, -0.15) is 0 Å². The predicted octanol–water partition coefficient (Wildman–Crippen LogP) is 0.708. The summed E-state index contributed by atoms with van der Waals surface area (Å²) in [7, 11) is 3.99. The molecule has 0 spiro atoms. The molecule has 0 aliphatic heterocycles. The van der Waals surface area contributed by atoms with E-state index in [0.717, 1.165) is 33.7 Å². The third-order valence-corrected chi connectivity index (χ3v) is 4.01. The van der Waals surface area contributed by atoms with E-state index < -0.39 is 0 Å². The van der Waals surface area contributed by atoms with Crippen LogP contribution in [0.3, 0.4) is 0 Å². The summed E-state index contributed by atoms with van der Waals surface area (Å²) < 4.78 is 4.88. The van der Waals surface area contributed by atoms with Gasteiger partial charge < -0.3 is 14.8 Å². The average Bonchev–Trinajstić information content (AvgIpc) is 2.71. The van der Waals surface area contributed by atoms with Crippen LogP contribution in [0, 0.1) is 4.77 Å². The Hall–Kier alpha value is -1.66. The lowest BCUT2D eigenvalue weighted by Gasteiger charge is -2.14. The van der Waals surface area contributed by atoms with Crippen LogP contribution in [-0.4, -0.2) is 35.2 Å². The number of fused-ring (bicyclic) bond motifs is 1. The second-order valence-electron chi connectivity index (χ2n) is 5.40. The summed E-state index contributed by atoms with van der Waals surface area (Å²) in [5.74, 6) is 0.0844. The Morgan fingerprint density at radius 3 is 2.67 bits per heavy atom. The number of nitrogens with one attached hydrogen (secondary N) is 2. The number of hydrogen-bond acceptors (Lipinski definition) is 2. The number of benzene rings is 1. The zero-order valence-corrected chi connectivity index (χ0v) is 13.7. The lowest BCUT2D eigenvalue weighted by Crippen LogP contribution is -3.09. The molecule has 1 aromatic carbocycles. The van der Waals surface area contributed by atoms with Crippen LogP contribution in [0.2, 0.25) is 0 Å². The Balaban J connectivity index is 2.15. The van der Waals surface area contributed by atoms with Crippen molar-refractivity contribution in [3.05, 3.63) is 29.0 Å². The molecule has 1 aromatic heterocycles. The van der Waals surface area contributed by atoms with Crippen LogP contribution in [0.15, 0.2) is 24.3 Å². The van der Waals surface area contributed by atoms with E-state index in [0.29, 0.717) is 13.2 Å². The highest BCUT2D eigenvalue weighted by atomic mass is 32.1. The molecule has 2 aromatic rings. The highest BCUT2D eigenvalue weighted by molar-refractivity contribution is 7.71. The fraction of sp³-hybridized carbons (Fsp3) is 0.467. The van der Waals surface area contributed by atoms with E-state index in [1.165, 1.54) is 0 Å². The Morgan fingerprint density at radius 2 is 2.00 bits per heavy atom. The maximum atomic E-state index is 11.8. The quantitative estimate of drug-likeness (QED) is 0.772. The van der Waals surface area contributed by atoms with Gasteiger partial charge in [-0.3, -0.25) is 9.36 Å². The first-order valence-electron chi connectivity index (χ1n) is 7.26. The normalized spacial score (nSPS) is 12.5. The summed E-state index contributed by atoms with van der Waals surface area (Å²) >= 11 is 5.51. The number of rotatable bonds is 6. The zero-order valence-electron chi connectivity index (χ0n) is 12.8. The van der Waals surface area contributed by atoms with Crippen molar-refractivity contribution in [3.8, 4) is 0 Å². The fourth-order valence-electron chi connectivity index (χ4n) is 2.44. The summed E-state index contributed by atoms with van der Waals surface area (Å²) in [4.78, 5) is 12.9. The van der Waals surface area contributed by atoms with Crippen LogP contribution in [0.4, 0.5) is 0 Å². The minimum atomic E-state index is 0.0844. The average molecular weight is 307 g/mol. The number of imidazole rings is 1. The minimum absolute atomic E-state index is 0.0844. The molecule has 114 valence electrons. The van der Waals surface area contributed by atoms with E-state index in [1.54, 1.807) is 0 Å². The number of aromatic nitrogens is 2. The number of nitrogens with zero attached hydrogens (tertiary/aromatic N) is 2. The number of likely N-dealkylation sites (N-methyl/N-ethyl adjacent to an activating group) is 1. The fourth-order valence-corrected chi connectivity index (χ4v) is 2.70. The molecule has 1 atom stereocenters. The van der Waals surface area contributed by atoms with Gasteiger partial charge in [0.15, 0.2) is 18.0 Å². The molecule has 0 aliphatic carbocycles.